The third-order valence-corrected chi connectivity index (χ3v) is 5.33. The van der Waals surface area contributed by atoms with E-state index in [1.807, 2.05) is 43.5 Å². The van der Waals surface area contributed by atoms with E-state index in [9.17, 15) is 4.79 Å². The molecule has 0 saturated carbocycles. The normalized spacial score (nSPS) is 16.2. The van der Waals surface area contributed by atoms with Crippen LogP contribution in [0.1, 0.15) is 51.0 Å². The number of likely N-dealkylation sites (tertiary alicyclic amines) is 1. The van der Waals surface area contributed by atoms with Crippen molar-refractivity contribution in [2.75, 3.05) is 31.5 Å². The molecule has 5 heteroatoms. The molecule has 1 saturated heterocycles. The van der Waals surface area contributed by atoms with Gasteiger partial charge in [-0.2, -0.15) is 0 Å². The number of benzene rings is 1. The van der Waals surface area contributed by atoms with Crippen LogP contribution in [0.25, 0.3) is 11.0 Å². The van der Waals surface area contributed by atoms with Crippen LogP contribution in [0, 0.1) is 0 Å². The van der Waals surface area contributed by atoms with Crippen LogP contribution in [0.3, 0.4) is 0 Å². The molecule has 0 bridgehead atoms. The number of unbranched alkanes of at least 4 members (excludes halogenated alkanes) is 1. The van der Waals surface area contributed by atoms with Crippen molar-refractivity contribution in [2.24, 2.45) is 0 Å². The first-order valence-corrected chi connectivity index (χ1v) is 10.1. The molecule has 0 spiro atoms. The highest BCUT2D eigenvalue weighted by atomic mass is 16.3. The third kappa shape index (κ3) is 5.13. The van der Waals surface area contributed by atoms with Crippen molar-refractivity contribution in [3.8, 4) is 0 Å². The number of nitrogens with one attached hydrogen (secondary N) is 2. The van der Waals surface area contributed by atoms with Crippen LogP contribution in [0.4, 0.5) is 10.5 Å². The minimum Gasteiger partial charge on any atom is -0.464 e. The summed E-state index contributed by atoms with van der Waals surface area (Å²) < 4.78 is 5.78. The molecule has 3 rings (SSSR count). The minimum absolute atomic E-state index is 0.193. The number of hydrogen-bond donors (Lipinski definition) is 2. The van der Waals surface area contributed by atoms with E-state index in [2.05, 4.69) is 22.5 Å². The molecule has 1 aliphatic heterocycles. The largest absolute Gasteiger partial charge is 0.464 e. The van der Waals surface area contributed by atoms with Gasteiger partial charge < -0.3 is 20.0 Å². The number of carbonyl (C=O) groups excluding carboxylic acids is 1. The average Bonchev–Trinajstić information content (AvgIpc) is 3.10. The van der Waals surface area contributed by atoms with Gasteiger partial charge >= 0.3 is 6.03 Å². The fraction of sp³-hybridized carbons (Fsp3) is 0.500. The first kappa shape index (κ1) is 19.5. The van der Waals surface area contributed by atoms with Crippen molar-refractivity contribution in [3.05, 3.63) is 42.2 Å². The Morgan fingerprint density at radius 2 is 2.15 bits per heavy atom. The van der Waals surface area contributed by atoms with Gasteiger partial charge in [0.2, 0.25) is 0 Å². The first-order valence-electron chi connectivity index (χ1n) is 10.1. The number of piperidine rings is 1. The van der Waals surface area contributed by atoms with Crippen molar-refractivity contribution < 1.29 is 9.21 Å². The van der Waals surface area contributed by atoms with E-state index in [-0.39, 0.29) is 6.03 Å². The van der Waals surface area contributed by atoms with E-state index in [0.717, 1.165) is 29.7 Å². The summed E-state index contributed by atoms with van der Waals surface area (Å²) in [6.45, 7) is 8.23. The van der Waals surface area contributed by atoms with Crippen molar-refractivity contribution >= 4 is 22.7 Å². The fourth-order valence-corrected chi connectivity index (χ4v) is 3.74. The van der Waals surface area contributed by atoms with Gasteiger partial charge in [0.1, 0.15) is 5.58 Å². The molecule has 0 unspecified atom stereocenters. The highest BCUT2D eigenvalue weighted by molar-refractivity contribution is 5.93. The lowest BCUT2D eigenvalue weighted by molar-refractivity contribution is 0.210. The Kier molecular flexibility index (Phi) is 6.93. The molecular weight excluding hydrogens is 338 g/mol. The summed E-state index contributed by atoms with van der Waals surface area (Å²) in [6.07, 6.45) is 10.6. The number of allylic oxidation sites excluding steroid dienone is 1. The molecule has 0 radical (unpaired) electrons. The Labute approximate surface area is 161 Å². The van der Waals surface area contributed by atoms with Crippen LogP contribution < -0.4 is 10.6 Å². The second-order valence-corrected chi connectivity index (χ2v) is 7.28. The highest BCUT2D eigenvalue weighted by Crippen LogP contribution is 2.35. The molecule has 2 aromatic rings. The first-order chi connectivity index (χ1) is 13.2. The molecule has 2 N–H and O–H groups in total. The Balaban J connectivity index is 1.66. The number of urea groups is 1. The second kappa shape index (κ2) is 9.60. The molecule has 1 fully saturated rings. The smallest absolute Gasteiger partial charge is 0.319 e. The van der Waals surface area contributed by atoms with Gasteiger partial charge in [-0.1, -0.05) is 25.5 Å². The van der Waals surface area contributed by atoms with Gasteiger partial charge in [-0.15, -0.1) is 0 Å². The van der Waals surface area contributed by atoms with Gasteiger partial charge in [0.15, 0.2) is 0 Å². The third-order valence-electron chi connectivity index (χ3n) is 5.33. The molecule has 0 atom stereocenters. The fourth-order valence-electron chi connectivity index (χ4n) is 3.74. The van der Waals surface area contributed by atoms with E-state index < -0.39 is 0 Å². The zero-order valence-electron chi connectivity index (χ0n) is 16.5. The van der Waals surface area contributed by atoms with Crippen LogP contribution in [0.5, 0.6) is 0 Å². The zero-order valence-corrected chi connectivity index (χ0v) is 16.5. The number of carbonyl (C=O) groups is 1. The molecule has 1 aromatic carbocycles. The van der Waals surface area contributed by atoms with Gasteiger partial charge in [0.05, 0.1) is 6.26 Å². The summed E-state index contributed by atoms with van der Waals surface area (Å²) in [4.78, 5) is 14.6. The highest BCUT2D eigenvalue weighted by Gasteiger charge is 2.23. The standard InChI is InChI=1S/C22H31N3O2/c1-3-5-11-23-22(26)24-18-7-8-21-19(15-18)20(16-27-21)17-9-13-25(14-10-17)12-6-4-2/h3,5,7-8,15-17H,4,6,9-14H2,1-2H3,(H2,23,24,26). The molecule has 0 aliphatic carbocycles. The predicted molar refractivity (Wildman–Crippen MR) is 111 cm³/mol. The number of anilines is 1. The SMILES string of the molecule is CC=CCNC(=O)Nc1ccc2occ(C3CCN(CCCC)CC3)c2c1. The van der Waals surface area contributed by atoms with E-state index >= 15 is 0 Å². The maximum Gasteiger partial charge on any atom is 0.319 e. The zero-order chi connectivity index (χ0) is 19.1. The summed E-state index contributed by atoms with van der Waals surface area (Å²) in [5.74, 6) is 0.530. The van der Waals surface area contributed by atoms with Crippen LogP contribution in [-0.4, -0.2) is 37.1 Å². The van der Waals surface area contributed by atoms with Crippen molar-refractivity contribution in [1.82, 2.24) is 10.2 Å². The lowest BCUT2D eigenvalue weighted by Crippen LogP contribution is -2.33. The molecule has 146 valence electrons. The minimum atomic E-state index is -0.193. The topological polar surface area (TPSA) is 57.5 Å². The number of rotatable bonds is 7. The molecule has 2 amide bonds. The number of nitrogens with zero attached hydrogens (tertiary/aromatic N) is 1. The number of hydrogen-bond acceptors (Lipinski definition) is 3. The molecule has 27 heavy (non-hydrogen) atoms. The van der Waals surface area contributed by atoms with Gasteiger partial charge in [0, 0.05) is 23.2 Å². The van der Waals surface area contributed by atoms with Crippen molar-refractivity contribution in [2.45, 2.75) is 45.4 Å². The Morgan fingerprint density at radius 3 is 2.89 bits per heavy atom. The molecule has 5 nitrogen and oxygen atoms in total. The molecule has 1 aliphatic rings. The summed E-state index contributed by atoms with van der Waals surface area (Å²) >= 11 is 0. The summed E-state index contributed by atoms with van der Waals surface area (Å²) in [7, 11) is 0. The van der Waals surface area contributed by atoms with E-state index in [1.165, 1.54) is 37.8 Å². The number of fused-ring (bicyclic) bond motifs is 1. The Bertz CT molecular complexity index is 773. The van der Waals surface area contributed by atoms with Gasteiger partial charge in [-0.25, -0.2) is 4.79 Å². The van der Waals surface area contributed by atoms with Crippen molar-refractivity contribution in [1.29, 1.82) is 0 Å². The second-order valence-electron chi connectivity index (χ2n) is 7.28. The molecular formula is C22H31N3O2. The lowest BCUT2D eigenvalue weighted by atomic mass is 9.89. The van der Waals surface area contributed by atoms with Crippen LogP contribution in [0.2, 0.25) is 0 Å². The maximum absolute atomic E-state index is 12.0. The predicted octanol–water partition coefficient (Wildman–Crippen LogP) is 5.11. The molecule has 1 aromatic heterocycles. The van der Waals surface area contributed by atoms with Crippen LogP contribution in [-0.2, 0) is 0 Å². The quantitative estimate of drug-likeness (QED) is 0.667. The Hall–Kier alpha value is -2.27. The van der Waals surface area contributed by atoms with E-state index in [4.69, 9.17) is 4.42 Å². The maximum atomic E-state index is 12.0. The lowest BCUT2D eigenvalue weighted by Gasteiger charge is -2.31. The van der Waals surface area contributed by atoms with Gasteiger partial charge in [0.25, 0.3) is 0 Å². The van der Waals surface area contributed by atoms with E-state index in [1.54, 1.807) is 0 Å². The van der Waals surface area contributed by atoms with E-state index in [0.29, 0.717) is 12.5 Å². The van der Waals surface area contributed by atoms with Crippen LogP contribution >= 0.6 is 0 Å². The van der Waals surface area contributed by atoms with Gasteiger partial charge in [-0.05, 0) is 69.9 Å². The monoisotopic (exact) mass is 369 g/mol. The summed E-state index contributed by atoms with van der Waals surface area (Å²) in [6, 6.07) is 5.67. The van der Waals surface area contributed by atoms with Crippen LogP contribution in [0.15, 0.2) is 41.0 Å². The van der Waals surface area contributed by atoms with Crippen molar-refractivity contribution in [3.63, 3.8) is 0 Å². The Morgan fingerprint density at radius 1 is 1.33 bits per heavy atom. The number of furan rings is 1. The number of amides is 2. The average molecular weight is 370 g/mol. The summed E-state index contributed by atoms with van der Waals surface area (Å²) in [5, 5.41) is 6.84. The molecule has 2 heterocycles. The summed E-state index contributed by atoms with van der Waals surface area (Å²) in [5.41, 5.74) is 2.96. The van der Waals surface area contributed by atoms with Gasteiger partial charge in [-0.3, -0.25) is 0 Å².